The van der Waals surface area contributed by atoms with E-state index in [0.29, 0.717) is 23.1 Å². The lowest BCUT2D eigenvalue weighted by atomic mass is 10.1. The first-order valence-electron chi connectivity index (χ1n) is 6.04. The number of anilines is 1. The lowest BCUT2D eigenvalue weighted by Gasteiger charge is -2.08. The third-order valence-electron chi connectivity index (χ3n) is 2.59. The normalized spacial score (nSPS) is 11.0. The number of halogens is 2. The molecule has 5 heteroatoms. The highest BCUT2D eigenvalue weighted by Gasteiger charge is 2.09. The van der Waals surface area contributed by atoms with Gasteiger partial charge in [0.15, 0.2) is 17.5 Å². The average Bonchev–Trinajstić information content (AvgIpc) is 2.31. The first-order valence-corrected chi connectivity index (χ1v) is 6.04. The van der Waals surface area contributed by atoms with E-state index in [4.69, 9.17) is 5.73 Å². The van der Waals surface area contributed by atoms with Gasteiger partial charge in [-0.25, -0.2) is 18.7 Å². The van der Waals surface area contributed by atoms with Gasteiger partial charge in [0.2, 0.25) is 0 Å². The van der Waals surface area contributed by atoms with Crippen molar-refractivity contribution in [3.63, 3.8) is 0 Å². The van der Waals surface area contributed by atoms with Crippen molar-refractivity contribution in [1.29, 1.82) is 0 Å². The molecule has 1 heterocycles. The van der Waals surface area contributed by atoms with Gasteiger partial charge < -0.3 is 5.73 Å². The van der Waals surface area contributed by atoms with Crippen molar-refractivity contribution >= 4 is 5.82 Å². The van der Waals surface area contributed by atoms with E-state index in [0.717, 1.165) is 24.2 Å². The second kappa shape index (κ2) is 5.30. The molecule has 2 N–H and O–H groups in total. The molecule has 0 aliphatic carbocycles. The van der Waals surface area contributed by atoms with E-state index >= 15 is 0 Å². The summed E-state index contributed by atoms with van der Waals surface area (Å²) in [5, 5.41) is 0. The fraction of sp³-hybridized carbons (Fsp3) is 0.286. The first-order chi connectivity index (χ1) is 8.95. The van der Waals surface area contributed by atoms with Gasteiger partial charge in [-0.05, 0) is 30.5 Å². The summed E-state index contributed by atoms with van der Waals surface area (Å²) >= 11 is 0. The molecule has 0 fully saturated rings. The van der Waals surface area contributed by atoms with Gasteiger partial charge in [-0.1, -0.05) is 13.8 Å². The Bertz CT molecular complexity index is 597. The monoisotopic (exact) mass is 263 g/mol. The van der Waals surface area contributed by atoms with Crippen LogP contribution in [0.2, 0.25) is 0 Å². The lowest BCUT2D eigenvalue weighted by molar-refractivity contribution is 0.509. The average molecular weight is 263 g/mol. The minimum absolute atomic E-state index is 0.314. The van der Waals surface area contributed by atoms with Crippen molar-refractivity contribution in [2.45, 2.75) is 20.3 Å². The van der Waals surface area contributed by atoms with E-state index in [1.54, 1.807) is 6.07 Å². The number of aromatic nitrogens is 2. The predicted octanol–water partition coefficient (Wildman–Crippen LogP) is 3.20. The van der Waals surface area contributed by atoms with E-state index in [9.17, 15) is 8.78 Å². The van der Waals surface area contributed by atoms with Gasteiger partial charge in [0.05, 0.1) is 0 Å². The van der Waals surface area contributed by atoms with E-state index < -0.39 is 11.6 Å². The van der Waals surface area contributed by atoms with Gasteiger partial charge in [0.1, 0.15) is 5.82 Å². The molecule has 1 aromatic heterocycles. The number of nitrogens with two attached hydrogens (primary N) is 1. The zero-order valence-corrected chi connectivity index (χ0v) is 10.8. The number of nitrogen functional groups attached to an aromatic ring is 1. The number of hydrogen-bond acceptors (Lipinski definition) is 3. The Balaban J connectivity index is 2.43. The smallest absolute Gasteiger partial charge is 0.161 e. The van der Waals surface area contributed by atoms with E-state index in [-0.39, 0.29) is 0 Å². The molecule has 2 aromatic rings. The highest BCUT2D eigenvalue weighted by atomic mass is 19.2. The van der Waals surface area contributed by atoms with Gasteiger partial charge in [0.25, 0.3) is 0 Å². The number of benzene rings is 1. The minimum atomic E-state index is -0.922. The SMILES string of the molecule is CC(C)Cc1cc(N)nc(-c2ccc(F)c(F)c2)n1. The van der Waals surface area contributed by atoms with Crippen LogP contribution < -0.4 is 5.73 Å². The molecule has 2 rings (SSSR count). The number of rotatable bonds is 3. The fourth-order valence-corrected chi connectivity index (χ4v) is 1.81. The predicted molar refractivity (Wildman–Crippen MR) is 70.3 cm³/mol. The molecular weight excluding hydrogens is 248 g/mol. The zero-order chi connectivity index (χ0) is 14.0. The van der Waals surface area contributed by atoms with Gasteiger partial charge >= 0.3 is 0 Å². The van der Waals surface area contributed by atoms with E-state index in [1.807, 2.05) is 0 Å². The van der Waals surface area contributed by atoms with E-state index in [2.05, 4.69) is 23.8 Å². The molecule has 0 aliphatic heterocycles. The molecule has 0 radical (unpaired) electrons. The highest BCUT2D eigenvalue weighted by molar-refractivity contribution is 5.57. The Morgan fingerprint density at radius 3 is 2.47 bits per heavy atom. The van der Waals surface area contributed by atoms with Crippen LogP contribution in [0.15, 0.2) is 24.3 Å². The summed E-state index contributed by atoms with van der Waals surface area (Å²) in [5.74, 6) is -0.754. The second-order valence-electron chi connectivity index (χ2n) is 4.83. The summed E-state index contributed by atoms with van der Waals surface area (Å²) in [6.45, 7) is 4.13. The Morgan fingerprint density at radius 2 is 1.84 bits per heavy atom. The molecule has 0 spiro atoms. The molecule has 0 bridgehead atoms. The van der Waals surface area contributed by atoms with Crippen LogP contribution in [0.5, 0.6) is 0 Å². The Kier molecular flexibility index (Phi) is 3.74. The summed E-state index contributed by atoms with van der Waals surface area (Å²) in [6, 6.07) is 5.26. The maximum Gasteiger partial charge on any atom is 0.161 e. The molecular formula is C14H15F2N3. The Labute approximate surface area is 110 Å². The van der Waals surface area contributed by atoms with Gasteiger partial charge in [-0.2, -0.15) is 0 Å². The summed E-state index contributed by atoms with van der Waals surface area (Å²) in [6.07, 6.45) is 0.753. The van der Waals surface area contributed by atoms with Crippen molar-refractivity contribution in [3.8, 4) is 11.4 Å². The molecule has 19 heavy (non-hydrogen) atoms. The summed E-state index contributed by atoms with van der Waals surface area (Å²) in [4.78, 5) is 8.39. The van der Waals surface area contributed by atoms with Gasteiger partial charge in [0, 0.05) is 17.3 Å². The fourth-order valence-electron chi connectivity index (χ4n) is 1.81. The molecule has 0 atom stereocenters. The number of nitrogens with zero attached hydrogens (tertiary/aromatic N) is 2. The van der Waals surface area contributed by atoms with Gasteiger partial charge in [-0.15, -0.1) is 0 Å². The molecule has 0 saturated heterocycles. The van der Waals surface area contributed by atoms with Crippen LogP contribution in [-0.4, -0.2) is 9.97 Å². The van der Waals surface area contributed by atoms with Crippen LogP contribution in [0, 0.1) is 17.6 Å². The molecule has 1 aromatic carbocycles. The Morgan fingerprint density at radius 1 is 1.11 bits per heavy atom. The van der Waals surface area contributed by atoms with Crippen molar-refractivity contribution in [2.24, 2.45) is 5.92 Å². The third kappa shape index (κ3) is 3.24. The van der Waals surface area contributed by atoms with Crippen LogP contribution in [0.3, 0.4) is 0 Å². The van der Waals surface area contributed by atoms with Crippen molar-refractivity contribution in [1.82, 2.24) is 9.97 Å². The summed E-state index contributed by atoms with van der Waals surface area (Å²) in [7, 11) is 0. The third-order valence-corrected chi connectivity index (χ3v) is 2.59. The van der Waals surface area contributed by atoms with Crippen LogP contribution in [0.4, 0.5) is 14.6 Å². The van der Waals surface area contributed by atoms with Crippen molar-refractivity contribution in [3.05, 3.63) is 41.6 Å². The molecule has 0 saturated carbocycles. The molecule has 0 aliphatic rings. The first kappa shape index (κ1) is 13.4. The minimum Gasteiger partial charge on any atom is -0.384 e. The molecule has 100 valence electrons. The second-order valence-corrected chi connectivity index (χ2v) is 4.83. The topological polar surface area (TPSA) is 51.8 Å². The zero-order valence-electron chi connectivity index (χ0n) is 10.8. The van der Waals surface area contributed by atoms with Crippen LogP contribution in [0.1, 0.15) is 19.5 Å². The van der Waals surface area contributed by atoms with Crippen LogP contribution in [0.25, 0.3) is 11.4 Å². The van der Waals surface area contributed by atoms with Crippen molar-refractivity contribution in [2.75, 3.05) is 5.73 Å². The molecule has 0 amide bonds. The largest absolute Gasteiger partial charge is 0.384 e. The molecule has 0 unspecified atom stereocenters. The standard InChI is InChI=1S/C14H15F2N3/c1-8(2)5-10-7-13(17)19-14(18-10)9-3-4-11(15)12(16)6-9/h3-4,6-8H,5H2,1-2H3,(H2,17,18,19). The maximum atomic E-state index is 13.2. The van der Waals surface area contributed by atoms with Crippen LogP contribution in [-0.2, 0) is 6.42 Å². The van der Waals surface area contributed by atoms with Gasteiger partial charge in [-0.3, -0.25) is 0 Å². The quantitative estimate of drug-likeness (QED) is 0.925. The van der Waals surface area contributed by atoms with Crippen LogP contribution >= 0.6 is 0 Å². The highest BCUT2D eigenvalue weighted by Crippen LogP contribution is 2.20. The summed E-state index contributed by atoms with van der Waals surface area (Å²) < 4.78 is 26.1. The molecule has 3 nitrogen and oxygen atoms in total. The number of hydrogen-bond donors (Lipinski definition) is 1. The summed E-state index contributed by atoms with van der Waals surface area (Å²) in [5.41, 5.74) is 6.93. The van der Waals surface area contributed by atoms with Crippen molar-refractivity contribution < 1.29 is 8.78 Å². The lowest BCUT2D eigenvalue weighted by Crippen LogP contribution is -2.03. The van der Waals surface area contributed by atoms with E-state index in [1.165, 1.54) is 6.07 Å². The Hall–Kier alpha value is -2.04. The maximum absolute atomic E-state index is 13.2.